The number of halogens is 1. The van der Waals surface area contributed by atoms with Crippen LogP contribution in [0.15, 0.2) is 59.1 Å². The van der Waals surface area contributed by atoms with E-state index in [1.165, 1.54) is 5.56 Å². The summed E-state index contributed by atoms with van der Waals surface area (Å²) in [6.45, 7) is 2.85. The first kappa shape index (κ1) is 16.0. The van der Waals surface area contributed by atoms with E-state index in [2.05, 4.69) is 40.3 Å². The van der Waals surface area contributed by atoms with Crippen molar-refractivity contribution in [2.24, 2.45) is 0 Å². The molecule has 0 amide bonds. The average Bonchev–Trinajstić information content (AvgIpc) is 2.52. The molecule has 0 heterocycles. The van der Waals surface area contributed by atoms with Crippen LogP contribution in [0.1, 0.15) is 18.5 Å². The van der Waals surface area contributed by atoms with Crippen LogP contribution in [0, 0.1) is 0 Å². The summed E-state index contributed by atoms with van der Waals surface area (Å²) in [5.41, 5.74) is 1.19. The number of ether oxygens (including phenoxy) is 1. The van der Waals surface area contributed by atoms with Crippen LogP contribution in [-0.4, -0.2) is 24.4 Å². The molecule has 0 aromatic heterocycles. The molecule has 2 rings (SSSR count). The fourth-order valence-corrected chi connectivity index (χ4v) is 2.21. The fourth-order valence-electron chi connectivity index (χ4n) is 1.95. The zero-order valence-electron chi connectivity index (χ0n) is 12.0. The van der Waals surface area contributed by atoms with E-state index in [1.807, 2.05) is 42.5 Å². The van der Waals surface area contributed by atoms with Crippen LogP contribution < -0.4 is 10.1 Å². The highest BCUT2D eigenvalue weighted by atomic mass is 79.9. The monoisotopic (exact) mass is 349 g/mol. The van der Waals surface area contributed by atoms with Gasteiger partial charge in [-0.15, -0.1) is 0 Å². The number of hydrogen-bond donors (Lipinski definition) is 2. The molecule has 21 heavy (non-hydrogen) atoms. The molecule has 2 unspecified atom stereocenters. The maximum atomic E-state index is 9.96. The van der Waals surface area contributed by atoms with E-state index in [-0.39, 0.29) is 12.6 Å². The highest BCUT2D eigenvalue weighted by molar-refractivity contribution is 9.10. The zero-order valence-corrected chi connectivity index (χ0v) is 13.6. The molecule has 0 radical (unpaired) electrons. The Morgan fingerprint density at radius 1 is 1.10 bits per heavy atom. The molecule has 0 bridgehead atoms. The van der Waals surface area contributed by atoms with Gasteiger partial charge in [-0.25, -0.2) is 0 Å². The minimum absolute atomic E-state index is 0.185. The minimum Gasteiger partial charge on any atom is -0.491 e. The van der Waals surface area contributed by atoms with E-state index in [0.717, 1.165) is 10.2 Å². The molecule has 2 atom stereocenters. The lowest BCUT2D eigenvalue weighted by Crippen LogP contribution is -2.33. The second-order valence-corrected chi connectivity index (χ2v) is 5.88. The van der Waals surface area contributed by atoms with Gasteiger partial charge >= 0.3 is 0 Å². The van der Waals surface area contributed by atoms with E-state index in [4.69, 9.17) is 4.74 Å². The van der Waals surface area contributed by atoms with Crippen LogP contribution in [0.3, 0.4) is 0 Å². The lowest BCUT2D eigenvalue weighted by Gasteiger charge is -2.18. The van der Waals surface area contributed by atoms with Gasteiger partial charge in [0, 0.05) is 17.1 Å². The SMILES string of the molecule is CC(NCC(O)COc1ccccc1)c1ccc(Br)cc1. The summed E-state index contributed by atoms with van der Waals surface area (Å²) >= 11 is 3.42. The van der Waals surface area contributed by atoms with E-state index in [1.54, 1.807) is 0 Å². The van der Waals surface area contributed by atoms with E-state index < -0.39 is 6.10 Å². The zero-order chi connectivity index (χ0) is 15.1. The number of para-hydroxylation sites is 1. The molecule has 0 saturated carbocycles. The largest absolute Gasteiger partial charge is 0.491 e. The third kappa shape index (κ3) is 5.50. The molecule has 2 N–H and O–H groups in total. The van der Waals surface area contributed by atoms with Crippen molar-refractivity contribution in [2.75, 3.05) is 13.2 Å². The van der Waals surface area contributed by atoms with Crippen molar-refractivity contribution < 1.29 is 9.84 Å². The average molecular weight is 350 g/mol. The van der Waals surface area contributed by atoms with Crippen molar-refractivity contribution >= 4 is 15.9 Å². The molecule has 0 spiro atoms. The Bertz CT molecular complexity index is 530. The summed E-state index contributed by atoms with van der Waals surface area (Å²) in [6.07, 6.45) is -0.539. The molecular weight excluding hydrogens is 330 g/mol. The molecule has 0 aliphatic rings. The molecule has 0 aliphatic heterocycles. The molecule has 4 heteroatoms. The molecular formula is C17H20BrNO2. The lowest BCUT2D eigenvalue weighted by molar-refractivity contribution is 0.104. The van der Waals surface area contributed by atoms with Gasteiger partial charge in [0.1, 0.15) is 18.5 Å². The molecule has 112 valence electrons. The summed E-state index contributed by atoms with van der Waals surface area (Å²) in [5, 5.41) is 13.3. The van der Waals surface area contributed by atoms with Gasteiger partial charge in [-0.05, 0) is 36.8 Å². The van der Waals surface area contributed by atoms with Gasteiger partial charge in [0.15, 0.2) is 0 Å². The van der Waals surface area contributed by atoms with Crippen molar-refractivity contribution in [3.63, 3.8) is 0 Å². The number of nitrogens with one attached hydrogen (secondary N) is 1. The van der Waals surface area contributed by atoms with Crippen LogP contribution in [0.25, 0.3) is 0 Å². The first-order chi connectivity index (χ1) is 10.1. The smallest absolute Gasteiger partial charge is 0.119 e. The number of benzene rings is 2. The van der Waals surface area contributed by atoms with E-state index in [9.17, 15) is 5.11 Å². The van der Waals surface area contributed by atoms with E-state index in [0.29, 0.717) is 6.54 Å². The molecule has 3 nitrogen and oxygen atoms in total. The van der Waals surface area contributed by atoms with Crippen molar-refractivity contribution in [2.45, 2.75) is 19.1 Å². The summed E-state index contributed by atoms with van der Waals surface area (Å²) in [7, 11) is 0. The lowest BCUT2D eigenvalue weighted by atomic mass is 10.1. The van der Waals surface area contributed by atoms with Crippen molar-refractivity contribution in [1.82, 2.24) is 5.32 Å². The van der Waals surface area contributed by atoms with Crippen LogP contribution in [0.4, 0.5) is 0 Å². The number of rotatable bonds is 7. The topological polar surface area (TPSA) is 41.5 Å². The summed E-state index contributed by atoms with van der Waals surface area (Å²) in [4.78, 5) is 0. The number of aliphatic hydroxyl groups excluding tert-OH is 1. The number of hydrogen-bond acceptors (Lipinski definition) is 3. The third-order valence-corrected chi connectivity index (χ3v) is 3.74. The minimum atomic E-state index is -0.539. The second kappa shape index (κ2) is 8.17. The van der Waals surface area contributed by atoms with Crippen LogP contribution in [-0.2, 0) is 0 Å². The van der Waals surface area contributed by atoms with Gasteiger partial charge in [-0.1, -0.05) is 46.3 Å². The van der Waals surface area contributed by atoms with Gasteiger partial charge in [-0.3, -0.25) is 0 Å². The Morgan fingerprint density at radius 3 is 2.43 bits per heavy atom. The first-order valence-corrected chi connectivity index (χ1v) is 7.79. The Labute approximate surface area is 134 Å². The van der Waals surface area contributed by atoms with Gasteiger partial charge < -0.3 is 15.2 Å². The Balaban J connectivity index is 1.73. The summed E-state index contributed by atoms with van der Waals surface area (Å²) in [6, 6.07) is 17.9. The maximum absolute atomic E-state index is 9.96. The van der Waals surface area contributed by atoms with Crippen molar-refractivity contribution in [3.8, 4) is 5.75 Å². The molecule has 0 fully saturated rings. The van der Waals surface area contributed by atoms with Gasteiger partial charge in [0.05, 0.1) is 0 Å². The normalized spacial score (nSPS) is 13.7. The summed E-state index contributed by atoms with van der Waals surface area (Å²) in [5.74, 6) is 0.775. The summed E-state index contributed by atoms with van der Waals surface area (Å²) < 4.78 is 6.59. The molecule has 0 saturated heterocycles. The van der Waals surface area contributed by atoms with Crippen molar-refractivity contribution in [1.29, 1.82) is 0 Å². The predicted octanol–water partition coefficient (Wildman–Crippen LogP) is 3.54. The van der Waals surface area contributed by atoms with Crippen molar-refractivity contribution in [3.05, 3.63) is 64.6 Å². The van der Waals surface area contributed by atoms with Gasteiger partial charge in [0.25, 0.3) is 0 Å². The fraction of sp³-hybridized carbons (Fsp3) is 0.294. The van der Waals surface area contributed by atoms with E-state index >= 15 is 0 Å². The maximum Gasteiger partial charge on any atom is 0.119 e. The van der Waals surface area contributed by atoms with Gasteiger partial charge in [0.2, 0.25) is 0 Å². The van der Waals surface area contributed by atoms with Crippen LogP contribution in [0.5, 0.6) is 5.75 Å². The Morgan fingerprint density at radius 2 is 1.76 bits per heavy atom. The number of aliphatic hydroxyl groups is 1. The molecule has 2 aromatic carbocycles. The third-order valence-electron chi connectivity index (χ3n) is 3.22. The van der Waals surface area contributed by atoms with Crippen LogP contribution in [0.2, 0.25) is 0 Å². The Kier molecular flexibility index (Phi) is 6.23. The quantitative estimate of drug-likeness (QED) is 0.803. The van der Waals surface area contributed by atoms with Gasteiger partial charge in [-0.2, -0.15) is 0 Å². The highest BCUT2D eigenvalue weighted by Gasteiger charge is 2.09. The molecule has 2 aromatic rings. The Hall–Kier alpha value is -1.36. The standard InChI is InChI=1S/C17H20BrNO2/c1-13(14-7-9-15(18)10-8-14)19-11-16(20)12-21-17-5-3-2-4-6-17/h2-10,13,16,19-20H,11-12H2,1H3. The highest BCUT2D eigenvalue weighted by Crippen LogP contribution is 2.16. The predicted molar refractivity (Wildman–Crippen MR) is 88.5 cm³/mol. The first-order valence-electron chi connectivity index (χ1n) is 7.00. The second-order valence-electron chi connectivity index (χ2n) is 4.96. The molecule has 0 aliphatic carbocycles. The van der Waals surface area contributed by atoms with Crippen LogP contribution >= 0.6 is 15.9 Å².